The first-order valence-electron chi connectivity index (χ1n) is 6.81. The maximum absolute atomic E-state index is 13.8. The van der Waals surface area contributed by atoms with Crippen LogP contribution >= 0.6 is 11.3 Å². The monoisotopic (exact) mass is 319 g/mol. The number of carbonyl (C=O) groups excluding carboxylic acids is 2. The molecule has 1 aromatic carbocycles. The number of rotatable bonds is 3. The van der Waals surface area contributed by atoms with Gasteiger partial charge in [-0.05, 0) is 18.6 Å². The number of nitrogens with zero attached hydrogens (tertiary/aromatic N) is 3. The van der Waals surface area contributed by atoms with Crippen molar-refractivity contribution in [3.05, 3.63) is 46.7 Å². The average Bonchev–Trinajstić information content (AvgIpc) is 3.16. The van der Waals surface area contributed by atoms with Gasteiger partial charge < -0.3 is 9.80 Å². The van der Waals surface area contributed by atoms with Gasteiger partial charge in [-0.2, -0.15) is 0 Å². The Morgan fingerprint density at radius 1 is 1.45 bits per heavy atom. The molecule has 0 radical (unpaired) electrons. The number of anilines is 1. The zero-order valence-electron chi connectivity index (χ0n) is 11.9. The highest BCUT2D eigenvalue weighted by molar-refractivity contribution is 7.07. The van der Waals surface area contributed by atoms with Crippen LogP contribution < -0.4 is 4.90 Å². The number of carbonyl (C=O) groups is 2. The lowest BCUT2D eigenvalue weighted by Gasteiger charge is -2.23. The van der Waals surface area contributed by atoms with Crippen LogP contribution in [0.15, 0.2) is 35.2 Å². The second kappa shape index (κ2) is 5.84. The summed E-state index contributed by atoms with van der Waals surface area (Å²) >= 11 is 1.32. The third-order valence-electron chi connectivity index (χ3n) is 3.76. The molecule has 1 aliphatic rings. The Kier molecular flexibility index (Phi) is 3.89. The normalized spacial score (nSPS) is 17.8. The van der Waals surface area contributed by atoms with Crippen LogP contribution in [0, 0.1) is 5.82 Å². The van der Waals surface area contributed by atoms with E-state index in [1.165, 1.54) is 27.2 Å². The first kappa shape index (κ1) is 14.6. The summed E-state index contributed by atoms with van der Waals surface area (Å²) < 4.78 is 13.8. The van der Waals surface area contributed by atoms with Gasteiger partial charge in [0.25, 0.3) is 5.91 Å². The van der Waals surface area contributed by atoms with Crippen LogP contribution in [0.4, 0.5) is 10.1 Å². The molecular formula is C15H14FN3O2S. The topological polar surface area (TPSA) is 53.5 Å². The standard InChI is InChI=1S/C15H14FN3O2S/c1-18(14(20)11-8-22-9-17-11)13-6-7-19(15(13)21)12-5-3-2-4-10(12)16/h2-5,8-9,13H,6-7H2,1H3. The van der Waals surface area contributed by atoms with Gasteiger partial charge in [0.05, 0.1) is 11.2 Å². The Balaban J connectivity index is 1.79. The summed E-state index contributed by atoms with van der Waals surface area (Å²) in [5, 5.41) is 1.65. The largest absolute Gasteiger partial charge is 0.328 e. The van der Waals surface area contributed by atoms with Crippen molar-refractivity contribution in [1.82, 2.24) is 9.88 Å². The van der Waals surface area contributed by atoms with Crippen molar-refractivity contribution in [2.75, 3.05) is 18.5 Å². The number of likely N-dealkylation sites (N-methyl/N-ethyl adjacent to an activating group) is 1. The Morgan fingerprint density at radius 2 is 2.23 bits per heavy atom. The molecule has 2 heterocycles. The van der Waals surface area contributed by atoms with E-state index in [1.807, 2.05) is 0 Å². The molecule has 22 heavy (non-hydrogen) atoms. The highest BCUT2D eigenvalue weighted by Gasteiger charge is 2.38. The number of aromatic nitrogens is 1. The molecule has 1 unspecified atom stereocenters. The third-order valence-corrected chi connectivity index (χ3v) is 4.35. The predicted octanol–water partition coefficient (Wildman–Crippen LogP) is 2.16. The van der Waals surface area contributed by atoms with E-state index in [0.29, 0.717) is 18.7 Å². The van der Waals surface area contributed by atoms with Crippen LogP contribution in [0.5, 0.6) is 0 Å². The smallest absolute Gasteiger partial charge is 0.273 e. The van der Waals surface area contributed by atoms with Crippen LogP contribution in [0.3, 0.4) is 0 Å². The molecule has 1 aliphatic heterocycles. The van der Waals surface area contributed by atoms with Gasteiger partial charge in [-0.1, -0.05) is 12.1 Å². The lowest BCUT2D eigenvalue weighted by molar-refractivity contribution is -0.120. The lowest BCUT2D eigenvalue weighted by Crippen LogP contribution is -2.43. The summed E-state index contributed by atoms with van der Waals surface area (Å²) in [6, 6.07) is 5.56. The Labute approximate surface area is 131 Å². The number of hydrogen-bond donors (Lipinski definition) is 0. The van der Waals surface area contributed by atoms with Crippen LogP contribution in [-0.4, -0.2) is 41.3 Å². The molecule has 0 spiro atoms. The molecule has 5 nitrogen and oxygen atoms in total. The van der Waals surface area contributed by atoms with Crippen LogP contribution in [-0.2, 0) is 4.79 Å². The summed E-state index contributed by atoms with van der Waals surface area (Å²) in [5.74, 6) is -1.00. The minimum Gasteiger partial charge on any atom is -0.328 e. The van der Waals surface area contributed by atoms with E-state index >= 15 is 0 Å². The molecule has 1 fully saturated rings. The van der Waals surface area contributed by atoms with Gasteiger partial charge in [0.15, 0.2) is 0 Å². The maximum atomic E-state index is 13.8. The molecule has 0 N–H and O–H groups in total. The molecule has 2 aromatic rings. The zero-order valence-corrected chi connectivity index (χ0v) is 12.7. The van der Waals surface area contributed by atoms with Crippen LogP contribution in [0.2, 0.25) is 0 Å². The van der Waals surface area contributed by atoms with E-state index in [-0.39, 0.29) is 17.5 Å². The quantitative estimate of drug-likeness (QED) is 0.871. The number of para-hydroxylation sites is 1. The van der Waals surface area contributed by atoms with Crippen molar-refractivity contribution in [2.45, 2.75) is 12.5 Å². The molecule has 0 saturated carbocycles. The maximum Gasteiger partial charge on any atom is 0.273 e. The van der Waals surface area contributed by atoms with Gasteiger partial charge in [-0.3, -0.25) is 9.59 Å². The van der Waals surface area contributed by atoms with Crippen molar-refractivity contribution < 1.29 is 14.0 Å². The van der Waals surface area contributed by atoms with Gasteiger partial charge >= 0.3 is 0 Å². The second-order valence-corrected chi connectivity index (χ2v) is 5.75. The van der Waals surface area contributed by atoms with Crippen molar-refractivity contribution >= 4 is 28.8 Å². The molecule has 1 aromatic heterocycles. The van der Waals surface area contributed by atoms with E-state index < -0.39 is 11.9 Å². The van der Waals surface area contributed by atoms with E-state index in [9.17, 15) is 14.0 Å². The first-order chi connectivity index (χ1) is 10.6. The second-order valence-electron chi connectivity index (χ2n) is 5.04. The molecular weight excluding hydrogens is 305 g/mol. The van der Waals surface area contributed by atoms with Gasteiger partial charge in [0.1, 0.15) is 17.6 Å². The number of thiazole rings is 1. The summed E-state index contributed by atoms with van der Waals surface area (Å²) in [4.78, 5) is 31.5. The molecule has 114 valence electrons. The Hall–Kier alpha value is -2.28. The van der Waals surface area contributed by atoms with Crippen LogP contribution in [0.25, 0.3) is 0 Å². The fraction of sp³-hybridized carbons (Fsp3) is 0.267. The summed E-state index contributed by atoms with van der Waals surface area (Å²) in [6.07, 6.45) is 0.472. The summed E-state index contributed by atoms with van der Waals surface area (Å²) in [7, 11) is 1.58. The van der Waals surface area contributed by atoms with E-state index in [1.54, 1.807) is 36.1 Å². The number of halogens is 1. The number of amides is 2. The van der Waals surface area contributed by atoms with Gasteiger partial charge in [-0.25, -0.2) is 9.37 Å². The minimum atomic E-state index is -0.589. The summed E-state index contributed by atoms with van der Waals surface area (Å²) in [5.41, 5.74) is 2.15. The first-order valence-corrected chi connectivity index (χ1v) is 7.75. The number of benzene rings is 1. The van der Waals surface area contributed by atoms with E-state index in [0.717, 1.165) is 0 Å². The highest BCUT2D eigenvalue weighted by Crippen LogP contribution is 2.26. The SMILES string of the molecule is CN(C(=O)c1cscn1)C1CCN(c2ccccc2F)C1=O. The Bertz CT molecular complexity index is 705. The molecule has 1 atom stereocenters. The van der Waals surface area contributed by atoms with Crippen molar-refractivity contribution in [3.63, 3.8) is 0 Å². The lowest BCUT2D eigenvalue weighted by atomic mass is 10.2. The highest BCUT2D eigenvalue weighted by atomic mass is 32.1. The van der Waals surface area contributed by atoms with Crippen molar-refractivity contribution in [1.29, 1.82) is 0 Å². The minimum absolute atomic E-state index is 0.254. The Morgan fingerprint density at radius 3 is 2.91 bits per heavy atom. The number of hydrogen-bond acceptors (Lipinski definition) is 4. The molecule has 0 aliphatic carbocycles. The zero-order chi connectivity index (χ0) is 15.7. The van der Waals surface area contributed by atoms with E-state index in [2.05, 4.69) is 4.98 Å². The fourth-order valence-corrected chi connectivity index (χ4v) is 3.10. The molecule has 0 bridgehead atoms. The molecule has 2 amide bonds. The van der Waals surface area contributed by atoms with Gasteiger partial charge in [0.2, 0.25) is 5.91 Å². The molecule has 1 saturated heterocycles. The van der Waals surface area contributed by atoms with Crippen LogP contribution in [0.1, 0.15) is 16.9 Å². The van der Waals surface area contributed by atoms with Gasteiger partial charge in [-0.15, -0.1) is 11.3 Å². The predicted molar refractivity (Wildman–Crippen MR) is 81.4 cm³/mol. The van der Waals surface area contributed by atoms with Gasteiger partial charge in [0, 0.05) is 19.0 Å². The molecule has 7 heteroatoms. The summed E-state index contributed by atoms with van der Waals surface area (Å²) in [6.45, 7) is 0.388. The third kappa shape index (κ3) is 2.48. The van der Waals surface area contributed by atoms with Crippen molar-refractivity contribution in [2.24, 2.45) is 0 Å². The molecule has 3 rings (SSSR count). The van der Waals surface area contributed by atoms with E-state index in [4.69, 9.17) is 0 Å². The average molecular weight is 319 g/mol. The fourth-order valence-electron chi connectivity index (χ4n) is 2.57. The van der Waals surface area contributed by atoms with Crippen molar-refractivity contribution in [3.8, 4) is 0 Å².